The molecule has 1 saturated carbocycles. The first kappa shape index (κ1) is 20.2. The van der Waals surface area contributed by atoms with Crippen LogP contribution in [0.15, 0.2) is 29.3 Å². The molecule has 1 saturated heterocycles. The van der Waals surface area contributed by atoms with Gasteiger partial charge < -0.3 is 5.32 Å². The molecule has 6 nitrogen and oxygen atoms in total. The van der Waals surface area contributed by atoms with E-state index in [-0.39, 0.29) is 16.9 Å². The highest BCUT2D eigenvalue weighted by Gasteiger charge is 2.31. The first-order chi connectivity index (χ1) is 13.8. The van der Waals surface area contributed by atoms with Gasteiger partial charge in [-0.1, -0.05) is 24.4 Å². The summed E-state index contributed by atoms with van der Waals surface area (Å²) < 4.78 is 38.9. The van der Waals surface area contributed by atoms with E-state index in [1.807, 2.05) is 0 Å². The number of halogens is 4. The van der Waals surface area contributed by atoms with Crippen molar-refractivity contribution in [3.05, 3.63) is 45.5 Å². The van der Waals surface area contributed by atoms with E-state index in [1.165, 1.54) is 31.9 Å². The largest absolute Gasteiger partial charge is 0.417 e. The molecule has 1 N–H and O–H groups in total. The number of anilines is 1. The van der Waals surface area contributed by atoms with E-state index in [1.54, 1.807) is 0 Å². The van der Waals surface area contributed by atoms with E-state index >= 15 is 0 Å². The van der Waals surface area contributed by atoms with Gasteiger partial charge in [-0.15, -0.1) is 0 Å². The molecule has 0 bridgehead atoms. The molecule has 3 heterocycles. The maximum absolute atomic E-state index is 12.7. The average Bonchev–Trinajstić information content (AvgIpc) is 3.37. The third-order valence-electron chi connectivity index (χ3n) is 5.63. The molecular weight excluding hydrogens is 407 g/mol. The number of pyridine rings is 1. The van der Waals surface area contributed by atoms with Gasteiger partial charge in [0.15, 0.2) is 5.82 Å². The van der Waals surface area contributed by atoms with Gasteiger partial charge in [-0.2, -0.15) is 23.0 Å². The van der Waals surface area contributed by atoms with Gasteiger partial charge in [0.05, 0.1) is 17.4 Å². The Hall–Kier alpha value is -2.13. The number of nitrogens with zero attached hydrogens (tertiary/aromatic N) is 4. The molecule has 2 aromatic rings. The second-order valence-corrected chi connectivity index (χ2v) is 7.93. The predicted octanol–water partition coefficient (Wildman–Crippen LogP) is 3.73. The fourth-order valence-electron chi connectivity index (χ4n) is 4.10. The SMILES string of the molecule is O=c1c(Cl)c(NC2CCN(C3CCCC3)C2)cnn1-c1ccc(C(F)(F)F)cn1. The van der Waals surface area contributed by atoms with Crippen molar-refractivity contribution < 1.29 is 13.2 Å². The molecule has 156 valence electrons. The molecular formula is C19H21ClF3N5O. The van der Waals surface area contributed by atoms with Crippen LogP contribution in [0.2, 0.25) is 5.02 Å². The van der Waals surface area contributed by atoms with Crippen molar-refractivity contribution >= 4 is 17.3 Å². The monoisotopic (exact) mass is 427 g/mol. The maximum atomic E-state index is 12.7. The Bertz CT molecular complexity index is 925. The molecule has 10 heteroatoms. The molecule has 1 aliphatic heterocycles. The zero-order chi connectivity index (χ0) is 20.6. The van der Waals surface area contributed by atoms with Crippen LogP contribution < -0.4 is 10.9 Å². The molecule has 0 amide bonds. The van der Waals surface area contributed by atoms with Crippen molar-refractivity contribution in [2.24, 2.45) is 0 Å². The van der Waals surface area contributed by atoms with Crippen LogP contribution in [-0.4, -0.2) is 44.8 Å². The van der Waals surface area contributed by atoms with E-state index in [0.29, 0.717) is 17.9 Å². The van der Waals surface area contributed by atoms with Crippen molar-refractivity contribution in [3.63, 3.8) is 0 Å². The molecule has 2 fully saturated rings. The lowest BCUT2D eigenvalue weighted by atomic mass is 10.2. The minimum atomic E-state index is -4.50. The first-order valence-electron chi connectivity index (χ1n) is 9.65. The number of likely N-dealkylation sites (tertiary alicyclic amines) is 1. The molecule has 0 radical (unpaired) electrons. The van der Waals surface area contributed by atoms with Crippen LogP contribution >= 0.6 is 11.6 Å². The van der Waals surface area contributed by atoms with Gasteiger partial charge in [0.1, 0.15) is 5.02 Å². The molecule has 1 atom stereocenters. The Balaban J connectivity index is 1.48. The van der Waals surface area contributed by atoms with Crippen LogP contribution in [0.3, 0.4) is 0 Å². The smallest absolute Gasteiger partial charge is 0.378 e. The number of aromatic nitrogens is 3. The van der Waals surface area contributed by atoms with Crippen LogP contribution in [0.5, 0.6) is 0 Å². The average molecular weight is 428 g/mol. The molecule has 2 aromatic heterocycles. The lowest BCUT2D eigenvalue weighted by Crippen LogP contribution is -2.33. The van der Waals surface area contributed by atoms with Crippen molar-refractivity contribution in [2.75, 3.05) is 18.4 Å². The number of nitrogens with one attached hydrogen (secondary N) is 1. The summed E-state index contributed by atoms with van der Waals surface area (Å²) in [5.41, 5.74) is -1.10. The number of hydrogen-bond acceptors (Lipinski definition) is 5. The highest BCUT2D eigenvalue weighted by molar-refractivity contribution is 6.32. The summed E-state index contributed by atoms with van der Waals surface area (Å²) in [6.07, 6.45) is 3.59. The normalized spacial score (nSPS) is 21.0. The molecule has 1 aliphatic carbocycles. The Labute approximate surface area is 170 Å². The van der Waals surface area contributed by atoms with E-state index in [4.69, 9.17) is 11.6 Å². The van der Waals surface area contributed by atoms with E-state index in [9.17, 15) is 18.0 Å². The summed E-state index contributed by atoms with van der Waals surface area (Å²) >= 11 is 6.24. The molecule has 1 unspecified atom stereocenters. The summed E-state index contributed by atoms with van der Waals surface area (Å²) in [4.78, 5) is 18.8. The summed E-state index contributed by atoms with van der Waals surface area (Å²) in [6, 6.07) is 2.77. The number of alkyl halides is 3. The topological polar surface area (TPSA) is 63.1 Å². The summed E-state index contributed by atoms with van der Waals surface area (Å²) in [6.45, 7) is 1.91. The van der Waals surface area contributed by atoms with Crippen molar-refractivity contribution in [1.82, 2.24) is 19.7 Å². The van der Waals surface area contributed by atoms with Crippen molar-refractivity contribution in [1.29, 1.82) is 0 Å². The predicted molar refractivity (Wildman–Crippen MR) is 103 cm³/mol. The van der Waals surface area contributed by atoms with E-state index in [2.05, 4.69) is 20.3 Å². The van der Waals surface area contributed by atoms with Crippen molar-refractivity contribution in [3.8, 4) is 5.82 Å². The fraction of sp³-hybridized carbons (Fsp3) is 0.526. The summed E-state index contributed by atoms with van der Waals surface area (Å²) in [5, 5.41) is 7.28. The zero-order valence-corrected chi connectivity index (χ0v) is 16.4. The lowest BCUT2D eigenvalue weighted by Gasteiger charge is -2.23. The Morgan fingerprint density at radius 3 is 2.55 bits per heavy atom. The van der Waals surface area contributed by atoms with Gasteiger partial charge in [0.2, 0.25) is 0 Å². The van der Waals surface area contributed by atoms with Gasteiger partial charge in [0.25, 0.3) is 5.56 Å². The molecule has 2 aliphatic rings. The van der Waals surface area contributed by atoms with Crippen LogP contribution in [0.25, 0.3) is 5.82 Å². The highest BCUT2D eigenvalue weighted by Crippen LogP contribution is 2.29. The van der Waals surface area contributed by atoms with Crippen LogP contribution in [0.4, 0.5) is 18.9 Å². The molecule has 0 spiro atoms. The number of rotatable bonds is 4. The molecule has 29 heavy (non-hydrogen) atoms. The summed E-state index contributed by atoms with van der Waals surface area (Å²) in [5.74, 6) is -0.0234. The van der Waals surface area contributed by atoms with Gasteiger partial charge in [-0.3, -0.25) is 9.69 Å². The third-order valence-corrected chi connectivity index (χ3v) is 6.00. The summed E-state index contributed by atoms with van der Waals surface area (Å²) in [7, 11) is 0. The van der Waals surface area contributed by atoms with Crippen LogP contribution in [-0.2, 0) is 6.18 Å². The van der Waals surface area contributed by atoms with Crippen molar-refractivity contribution in [2.45, 2.75) is 50.4 Å². The van der Waals surface area contributed by atoms with Crippen LogP contribution in [0, 0.1) is 0 Å². The van der Waals surface area contributed by atoms with E-state index in [0.717, 1.165) is 36.3 Å². The third kappa shape index (κ3) is 4.25. The van der Waals surface area contributed by atoms with E-state index < -0.39 is 17.3 Å². The number of hydrogen-bond donors (Lipinski definition) is 1. The van der Waals surface area contributed by atoms with Crippen LogP contribution in [0.1, 0.15) is 37.7 Å². The standard InChI is InChI=1S/C19H21ClF3N5O/c20-17-15(26-13-7-8-27(11-13)14-3-1-2-4-14)10-25-28(18(17)29)16-6-5-12(9-24-16)19(21,22)23/h5-6,9-10,13-14,26H,1-4,7-8,11H2. The first-order valence-corrected chi connectivity index (χ1v) is 10.0. The maximum Gasteiger partial charge on any atom is 0.417 e. The second-order valence-electron chi connectivity index (χ2n) is 7.56. The fourth-order valence-corrected chi connectivity index (χ4v) is 4.29. The molecule has 0 aromatic carbocycles. The molecule has 4 rings (SSSR count). The van der Waals surface area contributed by atoms with Gasteiger partial charge in [-0.25, -0.2) is 4.98 Å². The zero-order valence-electron chi connectivity index (χ0n) is 15.6. The quantitative estimate of drug-likeness (QED) is 0.805. The highest BCUT2D eigenvalue weighted by atomic mass is 35.5. The van der Waals surface area contributed by atoms with Gasteiger partial charge in [-0.05, 0) is 31.4 Å². The lowest BCUT2D eigenvalue weighted by molar-refractivity contribution is -0.137. The minimum absolute atomic E-state index is 0.0234. The second kappa shape index (κ2) is 7.95. The van der Waals surface area contributed by atoms with Gasteiger partial charge >= 0.3 is 6.18 Å². The Kier molecular flexibility index (Phi) is 5.52. The Morgan fingerprint density at radius 1 is 1.14 bits per heavy atom. The Morgan fingerprint density at radius 2 is 1.90 bits per heavy atom. The minimum Gasteiger partial charge on any atom is -0.378 e. The van der Waals surface area contributed by atoms with Gasteiger partial charge in [0, 0.05) is 31.4 Å².